The van der Waals surface area contributed by atoms with E-state index in [0.29, 0.717) is 11.1 Å². The average Bonchev–Trinajstić information content (AvgIpc) is 3.02. The molecule has 4 heteroatoms. The predicted molar refractivity (Wildman–Crippen MR) is 66.3 cm³/mol. The fourth-order valence-electron chi connectivity index (χ4n) is 2.78. The van der Waals surface area contributed by atoms with Crippen molar-refractivity contribution in [2.45, 2.75) is 38.2 Å². The van der Waals surface area contributed by atoms with E-state index in [-0.39, 0.29) is 17.3 Å². The molecule has 1 atom stereocenters. The molecule has 1 spiro atoms. The second-order valence-electron chi connectivity index (χ2n) is 4.98. The minimum absolute atomic E-state index is 0.0615. The number of cyclic esters (lactones) is 1. The van der Waals surface area contributed by atoms with Crippen LogP contribution in [0.15, 0.2) is 10.5 Å². The molecule has 0 amide bonds. The maximum atomic E-state index is 11.9. The van der Waals surface area contributed by atoms with E-state index in [4.69, 9.17) is 4.74 Å². The average molecular weight is 297 g/mol. The third-order valence-corrected chi connectivity index (χ3v) is 4.62. The van der Waals surface area contributed by atoms with Crippen molar-refractivity contribution in [1.82, 2.24) is 0 Å². The molecule has 0 saturated heterocycles. The van der Waals surface area contributed by atoms with Gasteiger partial charge in [-0.3, -0.25) is 0 Å². The molecule has 0 bridgehead atoms. The van der Waals surface area contributed by atoms with Crippen molar-refractivity contribution in [3.63, 3.8) is 0 Å². The van der Waals surface area contributed by atoms with E-state index < -0.39 is 5.97 Å². The quantitative estimate of drug-likeness (QED) is 0.749. The second-order valence-corrected chi connectivity index (χ2v) is 5.83. The van der Waals surface area contributed by atoms with E-state index in [1.165, 1.54) is 0 Å². The first-order valence-electron chi connectivity index (χ1n) is 5.71. The number of carbonyl (C=O) groups is 1. The molecule has 1 aromatic carbocycles. The van der Waals surface area contributed by atoms with Gasteiger partial charge in [0.25, 0.3) is 0 Å². The molecule has 3 rings (SSSR count). The number of benzene rings is 1. The molecule has 0 radical (unpaired) electrons. The van der Waals surface area contributed by atoms with Crippen molar-refractivity contribution in [2.75, 3.05) is 0 Å². The highest BCUT2D eigenvalue weighted by atomic mass is 79.9. The van der Waals surface area contributed by atoms with Gasteiger partial charge < -0.3 is 9.84 Å². The SMILES string of the molecule is Cc1cc(Br)c2c(c1O)C(=O)O[C@H](C)C21CC1. The summed E-state index contributed by atoms with van der Waals surface area (Å²) in [6.07, 6.45) is 1.91. The van der Waals surface area contributed by atoms with Gasteiger partial charge in [-0.15, -0.1) is 0 Å². The van der Waals surface area contributed by atoms with Gasteiger partial charge in [0.05, 0.1) is 0 Å². The molecule has 0 unspecified atom stereocenters. The number of hydrogen-bond acceptors (Lipinski definition) is 3. The number of fused-ring (bicyclic) bond motifs is 2. The Balaban J connectivity index is 2.34. The number of aryl methyl sites for hydroxylation is 1. The summed E-state index contributed by atoms with van der Waals surface area (Å²) in [5, 5.41) is 10.1. The summed E-state index contributed by atoms with van der Waals surface area (Å²) in [6.45, 7) is 3.71. The van der Waals surface area contributed by atoms with E-state index in [1.54, 1.807) is 6.92 Å². The number of aromatic hydroxyl groups is 1. The minimum atomic E-state index is -0.410. The van der Waals surface area contributed by atoms with Crippen LogP contribution in [0.5, 0.6) is 5.75 Å². The Morgan fingerprint density at radius 2 is 2.18 bits per heavy atom. The Morgan fingerprint density at radius 3 is 2.76 bits per heavy atom. The molecule has 1 heterocycles. The number of phenols is 1. The molecule has 1 saturated carbocycles. The fourth-order valence-corrected chi connectivity index (χ4v) is 3.71. The van der Waals surface area contributed by atoms with Crippen LogP contribution < -0.4 is 0 Å². The van der Waals surface area contributed by atoms with Gasteiger partial charge in [0.1, 0.15) is 17.4 Å². The van der Waals surface area contributed by atoms with Gasteiger partial charge >= 0.3 is 5.97 Å². The fraction of sp³-hybridized carbons (Fsp3) is 0.462. The summed E-state index contributed by atoms with van der Waals surface area (Å²) in [6, 6.07) is 1.87. The van der Waals surface area contributed by atoms with E-state index in [1.807, 2.05) is 13.0 Å². The zero-order valence-corrected chi connectivity index (χ0v) is 11.3. The maximum Gasteiger partial charge on any atom is 0.342 e. The molecule has 2 aliphatic rings. The van der Waals surface area contributed by atoms with Gasteiger partial charge in [-0.2, -0.15) is 0 Å². The first-order chi connectivity index (χ1) is 7.97. The standard InChI is InChI=1S/C13H13BrO3/c1-6-5-8(14)10-9(11(6)15)12(16)17-7(2)13(10)3-4-13/h5,7,15H,3-4H2,1-2H3/t7-/m1/s1. The number of ether oxygens (including phenoxy) is 1. The van der Waals surface area contributed by atoms with Gasteiger partial charge in [0.15, 0.2) is 0 Å². The van der Waals surface area contributed by atoms with Gasteiger partial charge in [0.2, 0.25) is 0 Å². The molecule has 90 valence electrons. The van der Waals surface area contributed by atoms with E-state index >= 15 is 0 Å². The molecule has 1 aliphatic carbocycles. The van der Waals surface area contributed by atoms with Crippen molar-refractivity contribution >= 4 is 21.9 Å². The maximum absolute atomic E-state index is 11.9. The minimum Gasteiger partial charge on any atom is -0.507 e. The highest BCUT2D eigenvalue weighted by Crippen LogP contribution is 2.58. The summed E-state index contributed by atoms with van der Waals surface area (Å²) in [5.74, 6) is -0.349. The van der Waals surface area contributed by atoms with Gasteiger partial charge in [-0.1, -0.05) is 15.9 Å². The molecular formula is C13H13BrO3. The number of rotatable bonds is 0. The second kappa shape index (κ2) is 3.25. The Hall–Kier alpha value is -1.03. The van der Waals surface area contributed by atoms with Crippen molar-refractivity contribution in [3.05, 3.63) is 27.2 Å². The Labute approximate surface area is 108 Å². The van der Waals surface area contributed by atoms with Crippen LogP contribution in [0.4, 0.5) is 0 Å². The normalized spacial score (nSPS) is 24.4. The summed E-state index contributed by atoms with van der Waals surface area (Å²) in [4.78, 5) is 11.9. The van der Waals surface area contributed by atoms with Crippen LogP contribution in [-0.2, 0) is 10.2 Å². The predicted octanol–water partition coefficient (Wildman–Crippen LogP) is 3.05. The lowest BCUT2D eigenvalue weighted by Gasteiger charge is -2.32. The first-order valence-corrected chi connectivity index (χ1v) is 6.50. The molecular weight excluding hydrogens is 284 g/mol. The number of phenolic OH excluding ortho intramolecular Hbond substituents is 1. The van der Waals surface area contributed by atoms with E-state index in [9.17, 15) is 9.90 Å². The van der Waals surface area contributed by atoms with Crippen molar-refractivity contribution in [2.24, 2.45) is 0 Å². The lowest BCUT2D eigenvalue weighted by atomic mass is 9.83. The van der Waals surface area contributed by atoms with Crippen molar-refractivity contribution < 1.29 is 14.6 Å². The smallest absolute Gasteiger partial charge is 0.342 e. The first kappa shape index (κ1) is 11.1. The van der Waals surface area contributed by atoms with Crippen molar-refractivity contribution in [1.29, 1.82) is 0 Å². The highest BCUT2D eigenvalue weighted by molar-refractivity contribution is 9.10. The summed E-state index contributed by atoms with van der Waals surface area (Å²) in [5.41, 5.74) is 1.91. The molecule has 3 nitrogen and oxygen atoms in total. The third kappa shape index (κ3) is 1.30. The van der Waals surface area contributed by atoms with Crippen LogP contribution in [-0.4, -0.2) is 17.2 Å². The van der Waals surface area contributed by atoms with Crippen molar-refractivity contribution in [3.8, 4) is 5.75 Å². The molecule has 1 N–H and O–H groups in total. The molecule has 1 aromatic rings. The van der Waals surface area contributed by atoms with E-state index in [0.717, 1.165) is 22.9 Å². The number of hydrogen-bond donors (Lipinski definition) is 1. The van der Waals surface area contributed by atoms with Crippen LogP contribution in [0.2, 0.25) is 0 Å². The monoisotopic (exact) mass is 296 g/mol. The lowest BCUT2D eigenvalue weighted by molar-refractivity contribution is 0.0185. The zero-order valence-electron chi connectivity index (χ0n) is 9.71. The van der Waals surface area contributed by atoms with E-state index in [2.05, 4.69) is 15.9 Å². The third-order valence-electron chi connectivity index (χ3n) is 4.00. The molecule has 17 heavy (non-hydrogen) atoms. The molecule has 1 fully saturated rings. The van der Waals surface area contributed by atoms with Gasteiger partial charge in [-0.05, 0) is 43.9 Å². The highest BCUT2D eigenvalue weighted by Gasteiger charge is 2.57. The summed E-state index contributed by atoms with van der Waals surface area (Å²) in [7, 11) is 0. The molecule has 0 aromatic heterocycles. The summed E-state index contributed by atoms with van der Waals surface area (Å²) >= 11 is 3.52. The zero-order chi connectivity index (χ0) is 12.4. The summed E-state index contributed by atoms with van der Waals surface area (Å²) < 4.78 is 6.27. The number of halogens is 1. The Kier molecular flexibility index (Phi) is 2.12. The topological polar surface area (TPSA) is 46.5 Å². The number of esters is 1. The van der Waals surface area contributed by atoms with Crippen LogP contribution in [0.25, 0.3) is 0 Å². The van der Waals surface area contributed by atoms with Crippen LogP contribution >= 0.6 is 15.9 Å². The van der Waals surface area contributed by atoms with Gasteiger partial charge in [-0.25, -0.2) is 4.79 Å². The lowest BCUT2D eigenvalue weighted by Crippen LogP contribution is -2.36. The Morgan fingerprint density at radius 1 is 1.53 bits per heavy atom. The van der Waals surface area contributed by atoms with Crippen LogP contribution in [0, 0.1) is 6.92 Å². The van der Waals surface area contributed by atoms with Crippen LogP contribution in [0.3, 0.4) is 0 Å². The Bertz CT molecular complexity index is 532. The number of carbonyl (C=O) groups excluding carboxylic acids is 1. The van der Waals surface area contributed by atoms with Gasteiger partial charge in [0, 0.05) is 9.89 Å². The molecule has 1 aliphatic heterocycles. The largest absolute Gasteiger partial charge is 0.507 e. The van der Waals surface area contributed by atoms with Crippen LogP contribution in [0.1, 0.15) is 41.3 Å².